The Morgan fingerprint density at radius 1 is 1.03 bits per heavy atom. The standard InChI is InChI=1S/C21H20N2O7S/c1-26-14-5-4-12(8-15(14)27-2)20(25)22-21-23(11-19(24)28-3)13-9-16-17(10-18(13)31-21)30-7-6-29-16/h4-5,8-10H,6-7,11H2,1-3H3. The summed E-state index contributed by atoms with van der Waals surface area (Å²) >= 11 is 1.27. The van der Waals surface area contributed by atoms with E-state index in [1.54, 1.807) is 28.8 Å². The van der Waals surface area contributed by atoms with Gasteiger partial charge in [-0.2, -0.15) is 4.99 Å². The zero-order valence-corrected chi connectivity index (χ0v) is 18.0. The van der Waals surface area contributed by atoms with Gasteiger partial charge in [-0.1, -0.05) is 11.3 Å². The van der Waals surface area contributed by atoms with Gasteiger partial charge in [0.2, 0.25) is 0 Å². The van der Waals surface area contributed by atoms with Crippen molar-refractivity contribution in [3.05, 3.63) is 40.7 Å². The lowest BCUT2D eigenvalue weighted by molar-refractivity contribution is -0.141. The fraction of sp³-hybridized carbons (Fsp3) is 0.286. The number of amides is 1. The van der Waals surface area contributed by atoms with Crippen molar-refractivity contribution in [2.24, 2.45) is 4.99 Å². The third-order valence-corrected chi connectivity index (χ3v) is 5.73. The van der Waals surface area contributed by atoms with Gasteiger partial charge >= 0.3 is 5.97 Å². The third-order valence-electron chi connectivity index (χ3n) is 4.69. The minimum absolute atomic E-state index is 0.103. The Hall–Kier alpha value is -3.53. The van der Waals surface area contributed by atoms with E-state index in [0.717, 1.165) is 4.70 Å². The van der Waals surface area contributed by atoms with Crippen molar-refractivity contribution >= 4 is 33.4 Å². The maximum absolute atomic E-state index is 12.9. The molecule has 2 aromatic carbocycles. The molecule has 1 amide bonds. The summed E-state index contributed by atoms with van der Waals surface area (Å²) < 4.78 is 29.0. The molecule has 0 fully saturated rings. The minimum atomic E-state index is -0.483. The molecule has 1 aliphatic heterocycles. The fourth-order valence-electron chi connectivity index (χ4n) is 3.16. The van der Waals surface area contributed by atoms with Crippen LogP contribution in [0, 0.1) is 0 Å². The van der Waals surface area contributed by atoms with E-state index < -0.39 is 11.9 Å². The van der Waals surface area contributed by atoms with Gasteiger partial charge in [0, 0.05) is 17.7 Å². The van der Waals surface area contributed by atoms with Crippen molar-refractivity contribution in [2.45, 2.75) is 6.54 Å². The maximum atomic E-state index is 12.9. The monoisotopic (exact) mass is 444 g/mol. The molecule has 4 rings (SSSR count). The SMILES string of the molecule is COC(=O)Cn1c(=NC(=O)c2ccc(OC)c(OC)c2)sc2cc3c(cc21)OCCO3. The van der Waals surface area contributed by atoms with Crippen LogP contribution in [0.1, 0.15) is 10.4 Å². The highest BCUT2D eigenvalue weighted by atomic mass is 32.1. The number of nitrogens with zero attached hydrogens (tertiary/aromatic N) is 2. The second kappa shape index (κ2) is 8.68. The first kappa shape index (κ1) is 20.7. The van der Waals surface area contributed by atoms with Crippen LogP contribution in [0.25, 0.3) is 10.2 Å². The zero-order chi connectivity index (χ0) is 22.0. The Bertz CT molecular complexity index is 1230. The molecule has 0 N–H and O–H groups in total. The van der Waals surface area contributed by atoms with Gasteiger partial charge in [0.15, 0.2) is 27.8 Å². The number of thiazole rings is 1. The van der Waals surface area contributed by atoms with Crippen LogP contribution in [0.3, 0.4) is 0 Å². The molecule has 9 nitrogen and oxygen atoms in total. The van der Waals surface area contributed by atoms with Gasteiger partial charge in [-0.25, -0.2) is 0 Å². The van der Waals surface area contributed by atoms with Crippen LogP contribution < -0.4 is 23.7 Å². The van der Waals surface area contributed by atoms with E-state index >= 15 is 0 Å². The number of aromatic nitrogens is 1. The van der Waals surface area contributed by atoms with Crippen molar-refractivity contribution in [3.8, 4) is 23.0 Å². The lowest BCUT2D eigenvalue weighted by atomic mass is 10.2. The Labute approximate surface area is 181 Å². The number of rotatable bonds is 5. The summed E-state index contributed by atoms with van der Waals surface area (Å²) in [5.74, 6) is 1.17. The fourth-order valence-corrected chi connectivity index (χ4v) is 4.20. The first-order chi connectivity index (χ1) is 15.0. The molecule has 0 unspecified atom stereocenters. The van der Waals surface area contributed by atoms with E-state index in [4.69, 9.17) is 23.7 Å². The summed E-state index contributed by atoms with van der Waals surface area (Å²) in [7, 11) is 4.32. The molecule has 1 aromatic heterocycles. The number of hydrogen-bond acceptors (Lipinski definition) is 8. The van der Waals surface area contributed by atoms with Crippen molar-refractivity contribution in [2.75, 3.05) is 34.5 Å². The number of carbonyl (C=O) groups is 2. The van der Waals surface area contributed by atoms with Crippen molar-refractivity contribution in [1.29, 1.82) is 0 Å². The van der Waals surface area contributed by atoms with Gasteiger partial charge in [0.25, 0.3) is 5.91 Å². The Morgan fingerprint density at radius 2 is 1.74 bits per heavy atom. The predicted octanol–water partition coefficient (Wildman–Crippen LogP) is 2.41. The molecular weight excluding hydrogens is 424 g/mol. The summed E-state index contributed by atoms with van der Waals surface area (Å²) in [6.45, 7) is 0.796. The second-order valence-corrected chi connectivity index (χ2v) is 7.51. The van der Waals surface area contributed by atoms with Crippen LogP contribution in [-0.2, 0) is 16.1 Å². The normalized spacial score (nSPS) is 13.2. The number of hydrogen-bond donors (Lipinski definition) is 0. The molecule has 0 spiro atoms. The average Bonchev–Trinajstić information content (AvgIpc) is 3.12. The summed E-state index contributed by atoms with van der Waals surface area (Å²) in [5, 5.41) is 0. The van der Waals surface area contributed by atoms with E-state index in [-0.39, 0.29) is 6.54 Å². The summed E-state index contributed by atoms with van der Waals surface area (Å²) in [6, 6.07) is 8.40. The van der Waals surface area contributed by atoms with E-state index in [1.807, 2.05) is 6.07 Å². The molecule has 10 heteroatoms. The van der Waals surface area contributed by atoms with Gasteiger partial charge in [-0.05, 0) is 18.2 Å². The number of fused-ring (bicyclic) bond motifs is 2. The molecule has 2 heterocycles. The topological polar surface area (TPSA) is 97.6 Å². The predicted molar refractivity (Wildman–Crippen MR) is 112 cm³/mol. The van der Waals surface area contributed by atoms with Crippen LogP contribution in [0.2, 0.25) is 0 Å². The van der Waals surface area contributed by atoms with Crippen molar-refractivity contribution in [3.63, 3.8) is 0 Å². The number of methoxy groups -OCH3 is 3. The van der Waals surface area contributed by atoms with Crippen LogP contribution in [-0.4, -0.2) is 51.0 Å². The highest BCUT2D eigenvalue weighted by Gasteiger charge is 2.19. The van der Waals surface area contributed by atoms with Gasteiger partial charge in [0.1, 0.15) is 19.8 Å². The Morgan fingerprint density at radius 3 is 2.42 bits per heavy atom. The number of ether oxygens (including phenoxy) is 5. The van der Waals surface area contributed by atoms with Gasteiger partial charge in [0.05, 0.1) is 31.5 Å². The number of carbonyl (C=O) groups excluding carboxylic acids is 2. The molecule has 0 saturated carbocycles. The van der Waals surface area contributed by atoms with E-state index in [2.05, 4.69) is 4.99 Å². The molecule has 0 saturated heterocycles. The quantitative estimate of drug-likeness (QED) is 0.558. The van der Waals surface area contributed by atoms with Gasteiger partial charge in [-0.15, -0.1) is 0 Å². The molecule has 0 radical (unpaired) electrons. The lowest BCUT2D eigenvalue weighted by Crippen LogP contribution is -2.22. The largest absolute Gasteiger partial charge is 0.493 e. The summed E-state index contributed by atoms with van der Waals surface area (Å²) in [4.78, 5) is 29.5. The van der Waals surface area contributed by atoms with E-state index in [1.165, 1.54) is 32.7 Å². The van der Waals surface area contributed by atoms with Crippen LogP contribution in [0.15, 0.2) is 35.3 Å². The van der Waals surface area contributed by atoms with Crippen molar-refractivity contribution < 1.29 is 33.3 Å². The summed E-state index contributed by atoms with van der Waals surface area (Å²) in [6.07, 6.45) is 0. The number of benzene rings is 2. The maximum Gasteiger partial charge on any atom is 0.325 e. The minimum Gasteiger partial charge on any atom is -0.493 e. The average molecular weight is 444 g/mol. The van der Waals surface area contributed by atoms with Crippen LogP contribution >= 0.6 is 11.3 Å². The lowest BCUT2D eigenvalue weighted by Gasteiger charge is -2.18. The molecule has 3 aromatic rings. The molecule has 0 aliphatic carbocycles. The second-order valence-electron chi connectivity index (χ2n) is 6.50. The molecule has 0 bridgehead atoms. The highest BCUT2D eigenvalue weighted by molar-refractivity contribution is 7.16. The smallest absolute Gasteiger partial charge is 0.325 e. The zero-order valence-electron chi connectivity index (χ0n) is 17.2. The molecule has 31 heavy (non-hydrogen) atoms. The molecular formula is C21H20N2O7S. The van der Waals surface area contributed by atoms with Crippen LogP contribution in [0.5, 0.6) is 23.0 Å². The van der Waals surface area contributed by atoms with Crippen LogP contribution in [0.4, 0.5) is 0 Å². The first-order valence-corrected chi connectivity index (χ1v) is 10.2. The van der Waals surface area contributed by atoms with Gasteiger partial charge in [-0.3, -0.25) is 9.59 Å². The molecule has 162 valence electrons. The Kier molecular flexibility index (Phi) is 5.81. The molecule has 1 aliphatic rings. The van der Waals surface area contributed by atoms with Crippen molar-refractivity contribution in [1.82, 2.24) is 4.57 Å². The van der Waals surface area contributed by atoms with E-state index in [9.17, 15) is 9.59 Å². The number of esters is 1. The highest BCUT2D eigenvalue weighted by Crippen LogP contribution is 2.35. The third kappa shape index (κ3) is 4.06. The van der Waals surface area contributed by atoms with E-state index in [0.29, 0.717) is 52.1 Å². The Balaban J connectivity index is 1.83. The molecule has 0 atom stereocenters. The first-order valence-electron chi connectivity index (χ1n) is 9.35. The summed E-state index contributed by atoms with van der Waals surface area (Å²) in [5.41, 5.74) is 1.02. The van der Waals surface area contributed by atoms with Gasteiger partial charge < -0.3 is 28.3 Å².